The second-order valence-electron chi connectivity index (χ2n) is 3.44. The molecule has 0 aliphatic heterocycles. The Hall–Kier alpha value is -2.10. The van der Waals surface area contributed by atoms with Gasteiger partial charge < -0.3 is 0 Å². The maximum absolute atomic E-state index is 13.4. The third-order valence-corrected chi connectivity index (χ3v) is 2.19. The summed E-state index contributed by atoms with van der Waals surface area (Å²) < 4.78 is 13.4. The minimum absolute atomic E-state index is 0.0507. The van der Waals surface area contributed by atoms with Crippen LogP contribution in [0.1, 0.15) is 21.5 Å². The summed E-state index contributed by atoms with van der Waals surface area (Å²) in [6.45, 7) is 1.80. The van der Waals surface area contributed by atoms with Crippen molar-refractivity contribution < 1.29 is 9.18 Å². The Kier molecular flexibility index (Phi) is 2.72. The van der Waals surface area contributed by atoms with Gasteiger partial charge in [0.05, 0.1) is 11.1 Å². The SMILES string of the molecule is Cc1ccc(F)c(C(=O)c2cncnc2)c1. The largest absolute Gasteiger partial charge is 0.288 e. The zero-order valence-electron chi connectivity index (χ0n) is 8.64. The molecule has 80 valence electrons. The molecule has 0 saturated carbocycles. The summed E-state index contributed by atoms with van der Waals surface area (Å²) >= 11 is 0. The van der Waals surface area contributed by atoms with E-state index in [0.29, 0.717) is 0 Å². The van der Waals surface area contributed by atoms with E-state index in [1.807, 2.05) is 0 Å². The second-order valence-corrected chi connectivity index (χ2v) is 3.44. The molecular weight excluding hydrogens is 207 g/mol. The Balaban J connectivity index is 2.46. The van der Waals surface area contributed by atoms with Crippen LogP contribution in [0.2, 0.25) is 0 Å². The van der Waals surface area contributed by atoms with Gasteiger partial charge in [0.15, 0.2) is 5.78 Å². The number of rotatable bonds is 2. The number of halogens is 1. The number of ketones is 1. The van der Waals surface area contributed by atoms with Gasteiger partial charge in [-0.3, -0.25) is 4.79 Å². The zero-order valence-corrected chi connectivity index (χ0v) is 8.64. The molecule has 1 heterocycles. The van der Waals surface area contributed by atoms with Gasteiger partial charge in [-0.25, -0.2) is 14.4 Å². The van der Waals surface area contributed by atoms with Gasteiger partial charge in [0.1, 0.15) is 12.1 Å². The Morgan fingerprint density at radius 3 is 2.62 bits per heavy atom. The maximum atomic E-state index is 13.4. The highest BCUT2D eigenvalue weighted by Gasteiger charge is 2.14. The van der Waals surface area contributed by atoms with E-state index in [9.17, 15) is 9.18 Å². The minimum atomic E-state index is -0.528. The predicted octanol–water partition coefficient (Wildman–Crippen LogP) is 2.16. The molecule has 0 spiro atoms. The van der Waals surface area contributed by atoms with E-state index in [4.69, 9.17) is 0 Å². The van der Waals surface area contributed by atoms with Crippen molar-refractivity contribution in [2.75, 3.05) is 0 Å². The highest BCUT2D eigenvalue weighted by Crippen LogP contribution is 2.14. The molecule has 0 bridgehead atoms. The molecule has 2 aromatic rings. The molecule has 1 aromatic heterocycles. The van der Waals surface area contributed by atoms with Crippen LogP contribution in [0.25, 0.3) is 0 Å². The van der Waals surface area contributed by atoms with Gasteiger partial charge in [-0.15, -0.1) is 0 Å². The third-order valence-electron chi connectivity index (χ3n) is 2.19. The smallest absolute Gasteiger partial charge is 0.199 e. The molecule has 0 saturated heterocycles. The van der Waals surface area contributed by atoms with Crippen LogP contribution in [0.5, 0.6) is 0 Å². The van der Waals surface area contributed by atoms with E-state index >= 15 is 0 Å². The number of carbonyl (C=O) groups is 1. The van der Waals surface area contributed by atoms with Crippen molar-refractivity contribution in [3.63, 3.8) is 0 Å². The molecule has 0 aliphatic carbocycles. The lowest BCUT2D eigenvalue weighted by atomic mass is 10.0. The van der Waals surface area contributed by atoms with Gasteiger partial charge in [-0.1, -0.05) is 11.6 Å². The van der Waals surface area contributed by atoms with E-state index in [1.165, 1.54) is 30.9 Å². The number of hydrogen-bond donors (Lipinski definition) is 0. The topological polar surface area (TPSA) is 42.9 Å². The summed E-state index contributed by atoms with van der Waals surface area (Å²) in [5.41, 5.74) is 1.17. The average molecular weight is 216 g/mol. The zero-order chi connectivity index (χ0) is 11.5. The Morgan fingerprint density at radius 2 is 1.94 bits per heavy atom. The second kappa shape index (κ2) is 4.18. The van der Waals surface area contributed by atoms with Crippen LogP contribution in [0, 0.1) is 12.7 Å². The molecule has 3 nitrogen and oxygen atoms in total. The average Bonchev–Trinajstić information content (AvgIpc) is 2.32. The molecule has 0 N–H and O–H groups in total. The van der Waals surface area contributed by atoms with Gasteiger partial charge >= 0.3 is 0 Å². The molecule has 0 fully saturated rings. The van der Waals surface area contributed by atoms with Crippen LogP contribution in [-0.2, 0) is 0 Å². The summed E-state index contributed by atoms with van der Waals surface area (Å²) in [6, 6.07) is 4.42. The van der Waals surface area contributed by atoms with Crippen molar-refractivity contribution in [1.29, 1.82) is 0 Å². The monoisotopic (exact) mass is 216 g/mol. The Morgan fingerprint density at radius 1 is 1.25 bits per heavy atom. The van der Waals surface area contributed by atoms with Crippen molar-refractivity contribution in [3.05, 3.63) is 59.4 Å². The number of carbonyl (C=O) groups excluding carboxylic acids is 1. The van der Waals surface area contributed by atoms with Gasteiger partial charge in [0, 0.05) is 12.4 Å². The highest BCUT2D eigenvalue weighted by molar-refractivity contribution is 6.08. The molecule has 0 aliphatic rings. The van der Waals surface area contributed by atoms with Crippen LogP contribution in [-0.4, -0.2) is 15.8 Å². The molecule has 0 radical (unpaired) electrons. The standard InChI is InChI=1S/C12H9FN2O/c1-8-2-3-11(13)10(4-8)12(16)9-5-14-7-15-6-9/h2-7H,1H3. The van der Waals surface area contributed by atoms with Crippen molar-refractivity contribution in [3.8, 4) is 0 Å². The van der Waals surface area contributed by atoms with Crippen LogP contribution < -0.4 is 0 Å². The lowest BCUT2D eigenvalue weighted by molar-refractivity contribution is 0.103. The van der Waals surface area contributed by atoms with E-state index < -0.39 is 11.6 Å². The molecule has 0 amide bonds. The number of benzene rings is 1. The van der Waals surface area contributed by atoms with E-state index in [1.54, 1.807) is 13.0 Å². The summed E-state index contributed by atoms with van der Waals surface area (Å²) in [4.78, 5) is 19.4. The lowest BCUT2D eigenvalue weighted by Crippen LogP contribution is -2.05. The Bertz CT molecular complexity index is 526. The minimum Gasteiger partial charge on any atom is -0.288 e. The van der Waals surface area contributed by atoms with E-state index in [-0.39, 0.29) is 11.1 Å². The first-order valence-electron chi connectivity index (χ1n) is 4.74. The normalized spacial score (nSPS) is 10.1. The molecule has 0 unspecified atom stereocenters. The van der Waals surface area contributed by atoms with Gasteiger partial charge in [0.25, 0.3) is 0 Å². The summed E-state index contributed by atoms with van der Waals surface area (Å²) in [7, 11) is 0. The van der Waals surface area contributed by atoms with Gasteiger partial charge in [0.2, 0.25) is 0 Å². The fourth-order valence-electron chi connectivity index (χ4n) is 1.38. The predicted molar refractivity (Wildman–Crippen MR) is 56.6 cm³/mol. The van der Waals surface area contributed by atoms with Crippen molar-refractivity contribution in [2.24, 2.45) is 0 Å². The van der Waals surface area contributed by atoms with Crippen LogP contribution in [0.15, 0.2) is 36.9 Å². The fraction of sp³-hybridized carbons (Fsp3) is 0.0833. The first-order valence-corrected chi connectivity index (χ1v) is 4.74. The highest BCUT2D eigenvalue weighted by atomic mass is 19.1. The molecule has 2 rings (SSSR count). The van der Waals surface area contributed by atoms with Crippen LogP contribution in [0.3, 0.4) is 0 Å². The molecule has 16 heavy (non-hydrogen) atoms. The quantitative estimate of drug-likeness (QED) is 0.722. The van der Waals surface area contributed by atoms with Gasteiger partial charge in [-0.2, -0.15) is 0 Å². The van der Waals surface area contributed by atoms with E-state index in [2.05, 4.69) is 9.97 Å². The first kappa shape index (κ1) is 10.4. The fourth-order valence-corrected chi connectivity index (χ4v) is 1.38. The van der Waals surface area contributed by atoms with E-state index in [0.717, 1.165) is 5.56 Å². The maximum Gasteiger partial charge on any atom is 0.199 e. The number of nitrogens with zero attached hydrogens (tertiary/aromatic N) is 2. The van der Waals surface area contributed by atoms with Gasteiger partial charge in [-0.05, 0) is 19.1 Å². The summed E-state index contributed by atoms with van der Waals surface area (Å²) in [5, 5.41) is 0. The van der Waals surface area contributed by atoms with Crippen molar-refractivity contribution >= 4 is 5.78 Å². The lowest BCUT2D eigenvalue weighted by Gasteiger charge is -2.02. The van der Waals surface area contributed by atoms with Crippen molar-refractivity contribution in [2.45, 2.75) is 6.92 Å². The molecule has 1 aromatic carbocycles. The summed E-state index contributed by atoms with van der Waals surface area (Å²) in [6.07, 6.45) is 4.07. The third kappa shape index (κ3) is 1.95. The molecule has 4 heteroatoms. The van der Waals surface area contributed by atoms with Crippen molar-refractivity contribution in [1.82, 2.24) is 9.97 Å². The number of aromatic nitrogens is 2. The summed E-state index contributed by atoms with van der Waals surface area (Å²) in [5.74, 6) is -0.929. The number of aryl methyl sites for hydroxylation is 1. The van der Waals surface area contributed by atoms with Crippen LogP contribution >= 0.6 is 0 Å². The number of hydrogen-bond acceptors (Lipinski definition) is 3. The van der Waals surface area contributed by atoms with Crippen LogP contribution in [0.4, 0.5) is 4.39 Å². The molecular formula is C12H9FN2O. The Labute approximate surface area is 92.0 Å². The first-order chi connectivity index (χ1) is 7.68. The molecule has 0 atom stereocenters.